The van der Waals surface area contributed by atoms with Gasteiger partial charge in [-0.25, -0.2) is 0 Å². The van der Waals surface area contributed by atoms with Gasteiger partial charge in [0.2, 0.25) is 0 Å². The summed E-state index contributed by atoms with van der Waals surface area (Å²) < 4.78 is 0. The summed E-state index contributed by atoms with van der Waals surface area (Å²) in [6.45, 7) is 5.85. The lowest BCUT2D eigenvalue weighted by Gasteiger charge is -2.32. The lowest BCUT2D eigenvalue weighted by molar-refractivity contribution is -0.143. The maximum atomic E-state index is 10.7. The van der Waals surface area contributed by atoms with E-state index in [1.165, 1.54) is 5.70 Å². The minimum Gasteiger partial charge on any atom is -0.481 e. The number of likely N-dealkylation sites (tertiary alicyclic amines) is 1. The number of allylic oxidation sites excluding steroid dienone is 2. The number of hydrogen-bond donors (Lipinski definition) is 1. The summed E-state index contributed by atoms with van der Waals surface area (Å²) in [5.41, 5.74) is 1.25. The fraction of sp³-hybridized carbons (Fsp3) is 0.700. The van der Waals surface area contributed by atoms with E-state index in [1.54, 1.807) is 0 Å². The molecule has 0 saturated carbocycles. The number of aliphatic carboxylic acids is 1. The zero-order chi connectivity index (χ0) is 9.84. The van der Waals surface area contributed by atoms with E-state index in [4.69, 9.17) is 5.11 Å². The van der Waals surface area contributed by atoms with Gasteiger partial charge in [-0.1, -0.05) is 6.08 Å². The largest absolute Gasteiger partial charge is 0.481 e. The highest BCUT2D eigenvalue weighted by Crippen LogP contribution is 2.20. The van der Waals surface area contributed by atoms with Crippen LogP contribution < -0.4 is 0 Å². The molecule has 0 aliphatic carbocycles. The predicted octanol–water partition coefficient (Wildman–Crippen LogP) is 1.71. The molecule has 1 rings (SSSR count). The van der Waals surface area contributed by atoms with Crippen LogP contribution in [0.25, 0.3) is 0 Å². The molecule has 0 aromatic carbocycles. The van der Waals surface area contributed by atoms with Gasteiger partial charge < -0.3 is 10.0 Å². The fourth-order valence-electron chi connectivity index (χ4n) is 1.66. The van der Waals surface area contributed by atoms with E-state index in [9.17, 15) is 4.79 Å². The third-order valence-corrected chi connectivity index (χ3v) is 2.76. The molecule has 0 aromatic heterocycles. The van der Waals surface area contributed by atoms with Crippen LogP contribution in [-0.2, 0) is 4.79 Å². The van der Waals surface area contributed by atoms with Crippen LogP contribution in [0.1, 0.15) is 26.7 Å². The number of carboxylic acid groups (broad SMARTS) is 1. The summed E-state index contributed by atoms with van der Waals surface area (Å²) in [5.74, 6) is -0.765. The molecule has 0 bridgehead atoms. The minimum absolute atomic E-state index is 0.124. The first-order valence-corrected chi connectivity index (χ1v) is 4.75. The Labute approximate surface area is 79.0 Å². The van der Waals surface area contributed by atoms with Gasteiger partial charge in [-0.3, -0.25) is 4.79 Å². The van der Waals surface area contributed by atoms with Crippen LogP contribution >= 0.6 is 0 Å². The molecule has 0 aromatic rings. The molecule has 0 spiro atoms. The third-order valence-electron chi connectivity index (χ3n) is 2.76. The molecule has 3 nitrogen and oxygen atoms in total. The summed E-state index contributed by atoms with van der Waals surface area (Å²) in [7, 11) is 0. The molecule has 13 heavy (non-hydrogen) atoms. The number of carbonyl (C=O) groups is 1. The first-order chi connectivity index (χ1) is 6.15. The SMILES string of the molecule is CC=C(C)N1CCC(C(=O)O)CC1. The predicted molar refractivity (Wildman–Crippen MR) is 51.4 cm³/mol. The smallest absolute Gasteiger partial charge is 0.306 e. The van der Waals surface area contributed by atoms with Gasteiger partial charge in [0.15, 0.2) is 0 Å². The van der Waals surface area contributed by atoms with Crippen molar-refractivity contribution in [1.29, 1.82) is 0 Å². The topological polar surface area (TPSA) is 40.5 Å². The van der Waals surface area contributed by atoms with Crippen LogP contribution in [0.4, 0.5) is 0 Å². The molecule has 1 fully saturated rings. The lowest BCUT2D eigenvalue weighted by atomic mass is 9.97. The van der Waals surface area contributed by atoms with E-state index >= 15 is 0 Å². The number of carboxylic acids is 1. The molecule has 74 valence electrons. The Balaban J connectivity index is 2.43. The molecule has 1 heterocycles. The molecule has 3 heteroatoms. The Bertz CT molecular complexity index is 215. The zero-order valence-electron chi connectivity index (χ0n) is 8.29. The van der Waals surface area contributed by atoms with Crippen molar-refractivity contribution in [3.8, 4) is 0 Å². The standard InChI is InChI=1S/C10H17NO2/c1-3-8(2)11-6-4-9(5-7-11)10(12)13/h3,9H,4-7H2,1-2H3,(H,12,13). The molecule has 0 unspecified atom stereocenters. The summed E-state index contributed by atoms with van der Waals surface area (Å²) in [6.07, 6.45) is 3.63. The van der Waals surface area contributed by atoms with Gasteiger partial charge in [0, 0.05) is 18.8 Å². The molecule has 0 atom stereocenters. The molecule has 1 N–H and O–H groups in total. The van der Waals surface area contributed by atoms with Gasteiger partial charge in [-0.15, -0.1) is 0 Å². The second-order valence-electron chi connectivity index (χ2n) is 3.53. The van der Waals surface area contributed by atoms with Crippen molar-refractivity contribution in [2.45, 2.75) is 26.7 Å². The summed E-state index contributed by atoms with van der Waals surface area (Å²) in [4.78, 5) is 12.9. The van der Waals surface area contributed by atoms with Gasteiger partial charge in [-0.05, 0) is 26.7 Å². The lowest BCUT2D eigenvalue weighted by Crippen LogP contribution is -2.35. The number of piperidine rings is 1. The zero-order valence-corrected chi connectivity index (χ0v) is 8.29. The second kappa shape index (κ2) is 4.30. The van der Waals surface area contributed by atoms with Crippen molar-refractivity contribution in [3.63, 3.8) is 0 Å². The van der Waals surface area contributed by atoms with Crippen LogP contribution in [0.2, 0.25) is 0 Å². The number of nitrogens with zero attached hydrogens (tertiary/aromatic N) is 1. The molecule has 0 amide bonds. The van der Waals surface area contributed by atoms with E-state index in [-0.39, 0.29) is 5.92 Å². The van der Waals surface area contributed by atoms with Crippen LogP contribution in [0.15, 0.2) is 11.8 Å². The monoisotopic (exact) mass is 183 g/mol. The average Bonchev–Trinajstić information content (AvgIpc) is 2.17. The van der Waals surface area contributed by atoms with Crippen LogP contribution in [-0.4, -0.2) is 29.1 Å². The molecule has 0 radical (unpaired) electrons. The molecule has 1 aliphatic heterocycles. The van der Waals surface area contributed by atoms with E-state index in [0.29, 0.717) is 0 Å². The van der Waals surface area contributed by atoms with Gasteiger partial charge >= 0.3 is 5.97 Å². The van der Waals surface area contributed by atoms with Gasteiger partial charge in [0.05, 0.1) is 5.92 Å². The Hall–Kier alpha value is -0.990. The molecular weight excluding hydrogens is 166 g/mol. The maximum Gasteiger partial charge on any atom is 0.306 e. The quantitative estimate of drug-likeness (QED) is 0.708. The Kier molecular flexibility index (Phi) is 3.34. The molecule has 1 aliphatic rings. The van der Waals surface area contributed by atoms with Crippen molar-refractivity contribution >= 4 is 5.97 Å². The van der Waals surface area contributed by atoms with Gasteiger partial charge in [-0.2, -0.15) is 0 Å². The van der Waals surface area contributed by atoms with E-state index < -0.39 is 5.97 Å². The summed E-state index contributed by atoms with van der Waals surface area (Å²) in [5, 5.41) is 8.79. The minimum atomic E-state index is -0.641. The van der Waals surface area contributed by atoms with Crippen molar-refractivity contribution < 1.29 is 9.90 Å². The van der Waals surface area contributed by atoms with Gasteiger partial charge in [0.1, 0.15) is 0 Å². The van der Waals surface area contributed by atoms with E-state index in [2.05, 4.69) is 17.9 Å². The first-order valence-electron chi connectivity index (χ1n) is 4.75. The number of hydrogen-bond acceptors (Lipinski definition) is 2. The highest BCUT2D eigenvalue weighted by molar-refractivity contribution is 5.70. The first kappa shape index (κ1) is 10.1. The highest BCUT2D eigenvalue weighted by atomic mass is 16.4. The third kappa shape index (κ3) is 2.47. The Morgan fingerprint density at radius 3 is 2.38 bits per heavy atom. The Morgan fingerprint density at radius 2 is 2.00 bits per heavy atom. The summed E-state index contributed by atoms with van der Waals surface area (Å²) in [6, 6.07) is 0. The summed E-state index contributed by atoms with van der Waals surface area (Å²) >= 11 is 0. The van der Waals surface area contributed by atoms with Gasteiger partial charge in [0.25, 0.3) is 0 Å². The highest BCUT2D eigenvalue weighted by Gasteiger charge is 2.23. The van der Waals surface area contributed by atoms with Crippen molar-refractivity contribution in [2.24, 2.45) is 5.92 Å². The molecule has 1 saturated heterocycles. The van der Waals surface area contributed by atoms with E-state index in [1.807, 2.05) is 6.92 Å². The fourth-order valence-corrected chi connectivity index (χ4v) is 1.66. The van der Waals surface area contributed by atoms with Crippen molar-refractivity contribution in [1.82, 2.24) is 4.90 Å². The average molecular weight is 183 g/mol. The van der Waals surface area contributed by atoms with E-state index in [0.717, 1.165) is 25.9 Å². The van der Waals surface area contributed by atoms with Crippen LogP contribution in [0.3, 0.4) is 0 Å². The molecular formula is C10H17NO2. The number of rotatable bonds is 2. The van der Waals surface area contributed by atoms with Crippen molar-refractivity contribution in [3.05, 3.63) is 11.8 Å². The van der Waals surface area contributed by atoms with Crippen molar-refractivity contribution in [2.75, 3.05) is 13.1 Å². The maximum absolute atomic E-state index is 10.7. The Morgan fingerprint density at radius 1 is 1.46 bits per heavy atom. The van der Waals surface area contributed by atoms with Crippen LogP contribution in [0, 0.1) is 5.92 Å². The van der Waals surface area contributed by atoms with Crippen LogP contribution in [0.5, 0.6) is 0 Å². The normalized spacial score (nSPS) is 20.5. The second-order valence-corrected chi connectivity index (χ2v) is 3.53.